The molecular formula is C17H23NO5. The van der Waals surface area contributed by atoms with Crippen LogP contribution in [0.3, 0.4) is 0 Å². The van der Waals surface area contributed by atoms with Gasteiger partial charge in [0.1, 0.15) is 11.2 Å². The van der Waals surface area contributed by atoms with Gasteiger partial charge in [-0.2, -0.15) is 0 Å². The number of carbonyl (C=O) groups excluding carboxylic acids is 1. The minimum Gasteiger partial charge on any atom is -0.497 e. The first-order valence-corrected chi connectivity index (χ1v) is 7.64. The highest BCUT2D eigenvalue weighted by Crippen LogP contribution is 2.31. The summed E-state index contributed by atoms with van der Waals surface area (Å²) in [6.07, 6.45) is 1.46. The quantitative estimate of drug-likeness (QED) is 0.861. The van der Waals surface area contributed by atoms with Crippen molar-refractivity contribution in [1.29, 1.82) is 0 Å². The Balaban J connectivity index is 2.04. The van der Waals surface area contributed by atoms with Crippen molar-refractivity contribution in [2.45, 2.75) is 19.3 Å². The maximum absolute atomic E-state index is 12.5. The zero-order chi connectivity index (χ0) is 16.9. The first-order valence-electron chi connectivity index (χ1n) is 7.64. The van der Waals surface area contributed by atoms with Crippen molar-refractivity contribution < 1.29 is 24.2 Å². The number of hydrogen-bond donors (Lipinski definition) is 1. The lowest BCUT2D eigenvalue weighted by atomic mass is 9.80. The molecule has 1 fully saturated rings. The molecule has 1 N–H and O–H groups in total. The summed E-state index contributed by atoms with van der Waals surface area (Å²) in [5, 5.41) is 9.53. The van der Waals surface area contributed by atoms with Gasteiger partial charge in [0.25, 0.3) is 0 Å². The van der Waals surface area contributed by atoms with Crippen molar-refractivity contribution in [2.24, 2.45) is 5.41 Å². The van der Waals surface area contributed by atoms with Crippen molar-refractivity contribution in [2.75, 3.05) is 33.9 Å². The molecule has 0 saturated carbocycles. The Kier molecular flexibility index (Phi) is 5.60. The van der Waals surface area contributed by atoms with Crippen molar-refractivity contribution in [1.82, 2.24) is 4.90 Å². The number of rotatable bonds is 6. The molecule has 1 aliphatic rings. The molecule has 1 unspecified atom stereocenters. The minimum absolute atomic E-state index is 0.0587. The van der Waals surface area contributed by atoms with E-state index in [4.69, 9.17) is 9.47 Å². The Labute approximate surface area is 136 Å². The van der Waals surface area contributed by atoms with Crippen molar-refractivity contribution in [3.8, 4) is 5.75 Å². The predicted molar refractivity (Wildman–Crippen MR) is 84.5 cm³/mol. The van der Waals surface area contributed by atoms with Crippen LogP contribution in [0.15, 0.2) is 24.3 Å². The van der Waals surface area contributed by atoms with Gasteiger partial charge in [-0.3, -0.25) is 9.59 Å². The van der Waals surface area contributed by atoms with E-state index in [0.717, 1.165) is 11.3 Å². The summed E-state index contributed by atoms with van der Waals surface area (Å²) in [5.41, 5.74) is -0.114. The number of likely N-dealkylation sites (tertiary alicyclic amines) is 1. The minimum atomic E-state index is -0.997. The van der Waals surface area contributed by atoms with E-state index < -0.39 is 11.4 Å². The highest BCUT2D eigenvalue weighted by Gasteiger charge is 2.43. The van der Waals surface area contributed by atoms with Gasteiger partial charge in [0.2, 0.25) is 5.91 Å². The summed E-state index contributed by atoms with van der Waals surface area (Å²) < 4.78 is 10.2. The fourth-order valence-electron chi connectivity index (χ4n) is 3.00. The number of benzene rings is 1. The standard InChI is InChI=1S/C17H23NO5/c1-22-12-17(16(20)21)8-3-9-18(11-17)15(19)10-13-4-6-14(23-2)7-5-13/h4-7H,3,8-12H2,1-2H3,(H,20,21). The van der Waals surface area contributed by atoms with Crippen LogP contribution >= 0.6 is 0 Å². The second kappa shape index (κ2) is 7.46. The van der Waals surface area contributed by atoms with Crippen molar-refractivity contribution in [3.63, 3.8) is 0 Å². The summed E-state index contributed by atoms with van der Waals surface area (Å²) in [6, 6.07) is 7.32. The first kappa shape index (κ1) is 17.3. The number of piperidine rings is 1. The molecule has 1 aromatic rings. The molecule has 23 heavy (non-hydrogen) atoms. The normalized spacial score (nSPS) is 21.0. The Hall–Kier alpha value is -2.08. The molecule has 1 heterocycles. The third kappa shape index (κ3) is 4.01. The van der Waals surface area contributed by atoms with E-state index >= 15 is 0 Å². The van der Waals surface area contributed by atoms with E-state index in [1.807, 2.05) is 24.3 Å². The number of methoxy groups -OCH3 is 2. The Morgan fingerprint density at radius 3 is 2.52 bits per heavy atom. The Morgan fingerprint density at radius 1 is 1.26 bits per heavy atom. The zero-order valence-corrected chi connectivity index (χ0v) is 13.6. The second-order valence-corrected chi connectivity index (χ2v) is 5.96. The van der Waals surface area contributed by atoms with Gasteiger partial charge in [0.15, 0.2) is 0 Å². The van der Waals surface area contributed by atoms with Gasteiger partial charge in [-0.25, -0.2) is 0 Å². The maximum Gasteiger partial charge on any atom is 0.313 e. The lowest BCUT2D eigenvalue weighted by molar-refractivity contribution is -0.159. The van der Waals surface area contributed by atoms with Crippen LogP contribution in [0.25, 0.3) is 0 Å². The lowest BCUT2D eigenvalue weighted by Crippen LogP contribution is -2.52. The van der Waals surface area contributed by atoms with Crippen LogP contribution in [-0.2, 0) is 20.7 Å². The third-order valence-corrected chi connectivity index (χ3v) is 4.32. The van der Waals surface area contributed by atoms with Crippen LogP contribution in [0.5, 0.6) is 5.75 Å². The summed E-state index contributed by atoms with van der Waals surface area (Å²) in [7, 11) is 3.08. The number of aliphatic carboxylic acids is 1. The van der Waals surface area contributed by atoms with E-state index in [-0.39, 0.29) is 25.5 Å². The van der Waals surface area contributed by atoms with Crippen molar-refractivity contribution >= 4 is 11.9 Å². The molecule has 126 valence electrons. The smallest absolute Gasteiger partial charge is 0.313 e. The zero-order valence-electron chi connectivity index (χ0n) is 13.6. The fourth-order valence-corrected chi connectivity index (χ4v) is 3.00. The molecule has 0 bridgehead atoms. The Bertz CT molecular complexity index is 553. The first-order chi connectivity index (χ1) is 11.0. The SMILES string of the molecule is COCC1(C(=O)O)CCCN(C(=O)Cc2ccc(OC)cc2)C1. The van der Waals surface area contributed by atoms with Gasteiger partial charge >= 0.3 is 5.97 Å². The van der Waals surface area contributed by atoms with E-state index in [2.05, 4.69) is 0 Å². The molecule has 1 atom stereocenters. The van der Waals surface area contributed by atoms with E-state index in [1.165, 1.54) is 7.11 Å². The molecule has 2 rings (SSSR count). The number of carboxylic acid groups (broad SMARTS) is 1. The molecule has 6 heteroatoms. The number of carbonyl (C=O) groups is 2. The van der Waals surface area contributed by atoms with Gasteiger partial charge in [-0.15, -0.1) is 0 Å². The topological polar surface area (TPSA) is 76.1 Å². The van der Waals surface area contributed by atoms with E-state index in [0.29, 0.717) is 19.4 Å². The number of hydrogen-bond acceptors (Lipinski definition) is 4. The lowest BCUT2D eigenvalue weighted by Gasteiger charge is -2.39. The summed E-state index contributed by atoms with van der Waals surface area (Å²) in [6.45, 7) is 0.910. The van der Waals surface area contributed by atoms with Gasteiger partial charge in [0.05, 0.1) is 20.1 Å². The fraction of sp³-hybridized carbons (Fsp3) is 0.529. The average molecular weight is 321 g/mol. The molecule has 1 amide bonds. The molecule has 0 aliphatic carbocycles. The predicted octanol–water partition coefficient (Wildman–Crippen LogP) is 1.58. The molecule has 6 nitrogen and oxygen atoms in total. The van der Waals surface area contributed by atoms with Crippen LogP contribution in [-0.4, -0.2) is 55.8 Å². The Morgan fingerprint density at radius 2 is 1.96 bits per heavy atom. The average Bonchev–Trinajstić information content (AvgIpc) is 2.56. The highest BCUT2D eigenvalue weighted by atomic mass is 16.5. The molecule has 1 aliphatic heterocycles. The van der Waals surface area contributed by atoms with Gasteiger partial charge in [-0.05, 0) is 30.5 Å². The molecular weight excluding hydrogens is 298 g/mol. The van der Waals surface area contributed by atoms with Crippen LogP contribution in [0, 0.1) is 5.41 Å². The van der Waals surface area contributed by atoms with Crippen LogP contribution < -0.4 is 4.74 Å². The highest BCUT2D eigenvalue weighted by molar-refractivity contribution is 5.81. The summed E-state index contributed by atoms with van der Waals surface area (Å²) in [4.78, 5) is 25.8. The third-order valence-electron chi connectivity index (χ3n) is 4.32. The van der Waals surface area contributed by atoms with E-state index in [1.54, 1.807) is 12.0 Å². The monoisotopic (exact) mass is 321 g/mol. The molecule has 1 aromatic carbocycles. The van der Waals surface area contributed by atoms with E-state index in [9.17, 15) is 14.7 Å². The van der Waals surface area contributed by atoms with Gasteiger partial charge in [-0.1, -0.05) is 12.1 Å². The second-order valence-electron chi connectivity index (χ2n) is 5.96. The largest absolute Gasteiger partial charge is 0.497 e. The maximum atomic E-state index is 12.5. The van der Waals surface area contributed by atoms with Gasteiger partial charge < -0.3 is 19.5 Å². The van der Waals surface area contributed by atoms with Gasteiger partial charge in [0, 0.05) is 20.2 Å². The molecule has 0 spiro atoms. The summed E-state index contributed by atoms with van der Waals surface area (Å²) >= 11 is 0. The van der Waals surface area contributed by atoms with Crippen LogP contribution in [0.1, 0.15) is 18.4 Å². The number of ether oxygens (including phenoxy) is 2. The summed E-state index contributed by atoms with van der Waals surface area (Å²) in [5.74, 6) is -0.220. The molecule has 0 radical (unpaired) electrons. The molecule has 1 saturated heterocycles. The van der Waals surface area contributed by atoms with Crippen molar-refractivity contribution in [3.05, 3.63) is 29.8 Å². The number of nitrogens with zero attached hydrogens (tertiary/aromatic N) is 1. The van der Waals surface area contributed by atoms with Crippen LogP contribution in [0.4, 0.5) is 0 Å². The number of amides is 1. The molecule has 0 aromatic heterocycles. The van der Waals surface area contributed by atoms with Crippen LogP contribution in [0.2, 0.25) is 0 Å². The number of carboxylic acids is 1.